The molecule has 2 aromatic rings. The molecule has 0 saturated carbocycles. The molecule has 0 aliphatic heterocycles. The average Bonchev–Trinajstić information content (AvgIpc) is 2.55. The Kier molecular flexibility index (Phi) is 5.08. The van der Waals surface area contributed by atoms with E-state index < -0.39 is 12.0 Å². The summed E-state index contributed by atoms with van der Waals surface area (Å²) in [7, 11) is 1.31. The van der Waals surface area contributed by atoms with Crippen molar-refractivity contribution >= 4 is 17.6 Å². The largest absolute Gasteiger partial charge is 0.469 e. The van der Waals surface area contributed by atoms with E-state index in [0.717, 1.165) is 5.56 Å². The molecule has 114 valence electrons. The van der Waals surface area contributed by atoms with Crippen molar-refractivity contribution in [1.82, 2.24) is 10.3 Å². The first-order chi connectivity index (χ1) is 10.6. The van der Waals surface area contributed by atoms with E-state index in [4.69, 9.17) is 5.73 Å². The Hall–Kier alpha value is -2.89. The van der Waals surface area contributed by atoms with Crippen LogP contribution in [-0.2, 0) is 9.53 Å². The first-order valence-corrected chi connectivity index (χ1v) is 6.73. The lowest BCUT2D eigenvalue weighted by atomic mass is 10.0. The summed E-state index contributed by atoms with van der Waals surface area (Å²) < 4.78 is 4.69. The molecule has 0 aliphatic rings. The number of nitrogens with zero attached hydrogens (tertiary/aromatic N) is 1. The van der Waals surface area contributed by atoms with Crippen molar-refractivity contribution in [2.24, 2.45) is 0 Å². The van der Waals surface area contributed by atoms with Gasteiger partial charge >= 0.3 is 5.97 Å². The van der Waals surface area contributed by atoms with E-state index in [-0.39, 0.29) is 12.3 Å². The number of hydrogen-bond donors (Lipinski definition) is 2. The van der Waals surface area contributed by atoms with Gasteiger partial charge in [-0.1, -0.05) is 12.1 Å². The molecule has 0 bridgehead atoms. The molecule has 1 heterocycles. The van der Waals surface area contributed by atoms with Crippen molar-refractivity contribution in [3.8, 4) is 0 Å². The van der Waals surface area contributed by atoms with E-state index in [2.05, 4.69) is 15.0 Å². The number of ether oxygens (including phenoxy) is 1. The number of carbonyl (C=O) groups excluding carboxylic acids is 2. The van der Waals surface area contributed by atoms with E-state index in [1.165, 1.54) is 13.3 Å². The number of aromatic nitrogens is 1. The minimum absolute atomic E-state index is 0.0341. The van der Waals surface area contributed by atoms with Gasteiger partial charge in [0.2, 0.25) is 0 Å². The minimum Gasteiger partial charge on any atom is -0.469 e. The summed E-state index contributed by atoms with van der Waals surface area (Å²) in [5, 5.41) is 2.81. The van der Waals surface area contributed by atoms with Crippen LogP contribution in [0.25, 0.3) is 0 Å². The summed E-state index contributed by atoms with van der Waals surface area (Å²) in [5.41, 5.74) is 7.47. The van der Waals surface area contributed by atoms with E-state index in [1.54, 1.807) is 42.6 Å². The van der Waals surface area contributed by atoms with Gasteiger partial charge in [0.25, 0.3) is 5.91 Å². The number of nitrogens with one attached hydrogen (secondary N) is 1. The number of pyridine rings is 1. The second-order valence-electron chi connectivity index (χ2n) is 4.71. The highest BCUT2D eigenvalue weighted by atomic mass is 16.5. The third-order valence-corrected chi connectivity index (χ3v) is 3.17. The molecule has 6 heteroatoms. The van der Waals surface area contributed by atoms with Crippen LogP contribution in [0.5, 0.6) is 0 Å². The SMILES string of the molecule is COC(=O)CC(NC(=O)c1cccnc1)c1ccc(N)cc1. The molecule has 1 aromatic heterocycles. The second-order valence-corrected chi connectivity index (χ2v) is 4.71. The normalized spacial score (nSPS) is 11.5. The number of benzene rings is 1. The highest BCUT2D eigenvalue weighted by Gasteiger charge is 2.19. The quantitative estimate of drug-likeness (QED) is 0.647. The van der Waals surface area contributed by atoms with Crippen LogP contribution in [0.2, 0.25) is 0 Å². The lowest BCUT2D eigenvalue weighted by Crippen LogP contribution is -2.30. The molecule has 1 atom stereocenters. The van der Waals surface area contributed by atoms with Crippen LogP contribution in [0.4, 0.5) is 5.69 Å². The molecule has 2 rings (SSSR count). The van der Waals surface area contributed by atoms with Gasteiger partial charge in [-0.25, -0.2) is 0 Å². The van der Waals surface area contributed by atoms with E-state index in [9.17, 15) is 9.59 Å². The molecule has 1 aromatic carbocycles. The average molecular weight is 299 g/mol. The van der Waals surface area contributed by atoms with Gasteiger partial charge in [0.05, 0.1) is 25.1 Å². The molecule has 0 fully saturated rings. The topological polar surface area (TPSA) is 94.3 Å². The Labute approximate surface area is 128 Å². The van der Waals surface area contributed by atoms with Gasteiger partial charge in [-0.3, -0.25) is 14.6 Å². The number of esters is 1. The van der Waals surface area contributed by atoms with Crippen molar-refractivity contribution in [3.63, 3.8) is 0 Å². The summed E-state index contributed by atoms with van der Waals surface area (Å²) in [4.78, 5) is 27.7. The number of hydrogen-bond acceptors (Lipinski definition) is 5. The van der Waals surface area contributed by atoms with Crippen LogP contribution in [0.3, 0.4) is 0 Å². The van der Waals surface area contributed by atoms with Crippen LogP contribution in [0, 0.1) is 0 Å². The molecule has 0 radical (unpaired) electrons. The van der Waals surface area contributed by atoms with Gasteiger partial charge in [0, 0.05) is 18.1 Å². The maximum atomic E-state index is 12.2. The Bertz CT molecular complexity index is 641. The number of anilines is 1. The number of carbonyl (C=O) groups is 2. The highest BCUT2D eigenvalue weighted by Crippen LogP contribution is 2.19. The third kappa shape index (κ3) is 4.05. The van der Waals surface area contributed by atoms with Gasteiger partial charge in [0.1, 0.15) is 0 Å². The Morgan fingerprint density at radius 2 is 2.00 bits per heavy atom. The monoisotopic (exact) mass is 299 g/mol. The zero-order chi connectivity index (χ0) is 15.9. The fraction of sp³-hybridized carbons (Fsp3) is 0.188. The minimum atomic E-state index is -0.499. The summed E-state index contributed by atoms with van der Waals surface area (Å²) >= 11 is 0. The van der Waals surface area contributed by atoms with Crippen molar-refractivity contribution < 1.29 is 14.3 Å². The Morgan fingerprint density at radius 1 is 1.27 bits per heavy atom. The van der Waals surface area contributed by atoms with Gasteiger partial charge in [-0.15, -0.1) is 0 Å². The molecule has 1 unspecified atom stereocenters. The standard InChI is InChI=1S/C16H17N3O3/c1-22-15(20)9-14(11-4-6-13(17)7-5-11)19-16(21)12-3-2-8-18-10-12/h2-8,10,14H,9,17H2,1H3,(H,19,21). The summed E-state index contributed by atoms with van der Waals surface area (Å²) in [6.45, 7) is 0. The van der Waals surface area contributed by atoms with Gasteiger partial charge in [0.15, 0.2) is 0 Å². The summed E-state index contributed by atoms with van der Waals surface area (Å²) in [5.74, 6) is -0.716. The van der Waals surface area contributed by atoms with Crippen LogP contribution < -0.4 is 11.1 Å². The lowest BCUT2D eigenvalue weighted by Gasteiger charge is -2.18. The number of rotatable bonds is 5. The van der Waals surface area contributed by atoms with Crippen molar-refractivity contribution in [3.05, 3.63) is 59.9 Å². The number of amides is 1. The van der Waals surface area contributed by atoms with Gasteiger partial charge in [-0.2, -0.15) is 0 Å². The zero-order valence-electron chi connectivity index (χ0n) is 12.2. The molecule has 6 nitrogen and oxygen atoms in total. The number of methoxy groups -OCH3 is 1. The van der Waals surface area contributed by atoms with Crippen molar-refractivity contribution in [2.75, 3.05) is 12.8 Å². The molecule has 22 heavy (non-hydrogen) atoms. The molecule has 0 spiro atoms. The molecule has 0 aliphatic carbocycles. The maximum absolute atomic E-state index is 12.2. The molecular formula is C16H17N3O3. The van der Waals surface area contributed by atoms with Gasteiger partial charge in [-0.05, 0) is 29.8 Å². The van der Waals surface area contributed by atoms with Crippen LogP contribution in [0.15, 0.2) is 48.8 Å². The Morgan fingerprint density at radius 3 is 2.59 bits per heavy atom. The molecule has 3 N–H and O–H groups in total. The van der Waals surface area contributed by atoms with E-state index in [1.807, 2.05) is 0 Å². The number of nitrogens with two attached hydrogens (primary N) is 1. The summed E-state index contributed by atoms with van der Waals surface area (Å²) in [6, 6.07) is 9.80. The predicted molar refractivity (Wildman–Crippen MR) is 81.9 cm³/mol. The van der Waals surface area contributed by atoms with Crippen LogP contribution in [-0.4, -0.2) is 24.0 Å². The fourth-order valence-electron chi connectivity index (χ4n) is 1.97. The maximum Gasteiger partial charge on any atom is 0.307 e. The van der Waals surface area contributed by atoms with Crippen LogP contribution in [0.1, 0.15) is 28.4 Å². The smallest absolute Gasteiger partial charge is 0.307 e. The van der Waals surface area contributed by atoms with E-state index in [0.29, 0.717) is 11.3 Å². The van der Waals surface area contributed by atoms with Crippen molar-refractivity contribution in [2.45, 2.75) is 12.5 Å². The molecule has 1 amide bonds. The van der Waals surface area contributed by atoms with E-state index >= 15 is 0 Å². The third-order valence-electron chi connectivity index (χ3n) is 3.17. The molecule has 0 saturated heterocycles. The first kappa shape index (κ1) is 15.5. The van der Waals surface area contributed by atoms with Crippen molar-refractivity contribution in [1.29, 1.82) is 0 Å². The molecular weight excluding hydrogens is 282 g/mol. The number of nitrogen functional groups attached to an aromatic ring is 1. The highest BCUT2D eigenvalue weighted by molar-refractivity contribution is 5.94. The second kappa shape index (κ2) is 7.21. The fourth-order valence-corrected chi connectivity index (χ4v) is 1.97. The predicted octanol–water partition coefficient (Wildman–Crippen LogP) is 1.70. The Balaban J connectivity index is 2.19. The summed E-state index contributed by atoms with van der Waals surface area (Å²) in [6.07, 6.45) is 3.09. The first-order valence-electron chi connectivity index (χ1n) is 6.73. The van der Waals surface area contributed by atoms with Crippen LogP contribution >= 0.6 is 0 Å². The zero-order valence-corrected chi connectivity index (χ0v) is 12.2. The lowest BCUT2D eigenvalue weighted by molar-refractivity contribution is -0.141. The van der Waals surface area contributed by atoms with Gasteiger partial charge < -0.3 is 15.8 Å².